The van der Waals surface area contributed by atoms with E-state index in [-0.39, 0.29) is 16.9 Å². The van der Waals surface area contributed by atoms with Crippen molar-refractivity contribution < 1.29 is 17.9 Å². The highest BCUT2D eigenvalue weighted by atomic mass is 32.2. The van der Waals surface area contributed by atoms with E-state index in [0.717, 1.165) is 29.7 Å². The smallest absolute Gasteiger partial charge is 0.255 e. The molecule has 0 bridgehead atoms. The number of carbonyl (C=O) groups excluding carboxylic acids is 1. The van der Waals surface area contributed by atoms with Crippen LogP contribution in [0.1, 0.15) is 34.3 Å². The van der Waals surface area contributed by atoms with Gasteiger partial charge in [-0.3, -0.25) is 4.79 Å². The summed E-state index contributed by atoms with van der Waals surface area (Å²) in [5.74, 6) is -0.273. The lowest BCUT2D eigenvalue weighted by atomic mass is 10.1. The number of nitrogens with zero attached hydrogens (tertiary/aromatic N) is 1. The van der Waals surface area contributed by atoms with E-state index in [4.69, 9.17) is 4.74 Å². The molecule has 150 valence electrons. The zero-order chi connectivity index (χ0) is 20.3. The van der Waals surface area contributed by atoms with Crippen LogP contribution >= 0.6 is 0 Å². The van der Waals surface area contributed by atoms with Gasteiger partial charge in [-0.05, 0) is 68.1 Å². The Labute approximate surface area is 166 Å². The molecule has 0 aromatic heterocycles. The molecule has 1 atom stereocenters. The van der Waals surface area contributed by atoms with Gasteiger partial charge in [0, 0.05) is 31.5 Å². The van der Waals surface area contributed by atoms with Gasteiger partial charge < -0.3 is 10.1 Å². The van der Waals surface area contributed by atoms with Crippen molar-refractivity contribution in [2.75, 3.05) is 25.5 Å². The van der Waals surface area contributed by atoms with Gasteiger partial charge in [0.1, 0.15) is 0 Å². The maximum atomic E-state index is 12.7. The number of anilines is 1. The van der Waals surface area contributed by atoms with E-state index in [2.05, 4.69) is 5.32 Å². The first-order valence-corrected chi connectivity index (χ1v) is 10.8. The molecule has 2 aromatic rings. The molecule has 3 rings (SSSR count). The highest BCUT2D eigenvalue weighted by molar-refractivity contribution is 7.89. The number of carbonyl (C=O) groups is 1. The summed E-state index contributed by atoms with van der Waals surface area (Å²) in [5, 5.41) is 2.88. The van der Waals surface area contributed by atoms with Crippen LogP contribution in [0.25, 0.3) is 0 Å². The third-order valence-electron chi connectivity index (χ3n) is 4.95. The quantitative estimate of drug-likeness (QED) is 0.804. The SMILES string of the molecule is Cc1ccc(C)c(NC(=O)c2ccc(S(=O)(=O)N(C)C[C@H]3CCCO3)cc2)c1. The molecule has 0 saturated carbocycles. The average Bonchev–Trinajstić information content (AvgIpc) is 3.17. The Morgan fingerprint density at radius 2 is 1.89 bits per heavy atom. The molecule has 6 nitrogen and oxygen atoms in total. The second-order valence-corrected chi connectivity index (χ2v) is 9.26. The van der Waals surface area contributed by atoms with Gasteiger partial charge >= 0.3 is 0 Å². The van der Waals surface area contributed by atoms with E-state index in [9.17, 15) is 13.2 Å². The predicted octanol–water partition coefficient (Wildman–Crippen LogP) is 3.36. The summed E-state index contributed by atoms with van der Waals surface area (Å²) in [6.07, 6.45) is 1.78. The van der Waals surface area contributed by atoms with Crippen LogP contribution in [0.2, 0.25) is 0 Å². The molecule has 1 aliphatic rings. The molecule has 1 saturated heterocycles. The monoisotopic (exact) mass is 402 g/mol. The Kier molecular flexibility index (Phi) is 6.17. The fourth-order valence-electron chi connectivity index (χ4n) is 3.20. The Hall–Kier alpha value is -2.22. The Morgan fingerprint density at radius 3 is 2.54 bits per heavy atom. The van der Waals surface area contributed by atoms with E-state index in [1.165, 1.54) is 28.6 Å². The second kappa shape index (κ2) is 8.43. The molecule has 1 amide bonds. The first kappa shape index (κ1) is 20.5. The first-order valence-electron chi connectivity index (χ1n) is 9.34. The maximum Gasteiger partial charge on any atom is 0.255 e. The van der Waals surface area contributed by atoms with Crippen LogP contribution in [-0.4, -0.2) is 44.9 Å². The minimum atomic E-state index is -3.62. The van der Waals surface area contributed by atoms with E-state index >= 15 is 0 Å². The van der Waals surface area contributed by atoms with Gasteiger partial charge in [-0.2, -0.15) is 4.31 Å². The van der Waals surface area contributed by atoms with Crippen molar-refractivity contribution in [3.63, 3.8) is 0 Å². The van der Waals surface area contributed by atoms with Gasteiger partial charge in [0.05, 0.1) is 11.0 Å². The second-order valence-electron chi connectivity index (χ2n) is 7.22. The van der Waals surface area contributed by atoms with E-state index in [1.807, 2.05) is 32.0 Å². The molecule has 1 heterocycles. The lowest BCUT2D eigenvalue weighted by molar-refractivity contribution is 0.0979. The molecule has 7 heteroatoms. The molecular formula is C21H26N2O4S. The Bertz CT molecular complexity index is 949. The summed E-state index contributed by atoms with van der Waals surface area (Å²) in [4.78, 5) is 12.7. The van der Waals surface area contributed by atoms with Crippen molar-refractivity contribution in [1.82, 2.24) is 4.31 Å². The summed E-state index contributed by atoms with van der Waals surface area (Å²) < 4.78 is 32.3. The van der Waals surface area contributed by atoms with Crippen LogP contribution in [0.5, 0.6) is 0 Å². The first-order chi connectivity index (χ1) is 13.3. The molecule has 0 unspecified atom stereocenters. The van der Waals surface area contributed by atoms with Crippen LogP contribution in [0, 0.1) is 13.8 Å². The highest BCUT2D eigenvalue weighted by Gasteiger charge is 2.26. The van der Waals surface area contributed by atoms with Gasteiger partial charge in [0.2, 0.25) is 10.0 Å². The van der Waals surface area contributed by atoms with Crippen molar-refractivity contribution in [1.29, 1.82) is 0 Å². The molecule has 1 N–H and O–H groups in total. The normalized spacial score (nSPS) is 17.1. The predicted molar refractivity (Wildman–Crippen MR) is 109 cm³/mol. The van der Waals surface area contributed by atoms with E-state index < -0.39 is 10.0 Å². The summed E-state index contributed by atoms with van der Waals surface area (Å²) in [6, 6.07) is 11.9. The van der Waals surface area contributed by atoms with Gasteiger partial charge in [-0.1, -0.05) is 12.1 Å². The van der Waals surface area contributed by atoms with Crippen molar-refractivity contribution >= 4 is 21.6 Å². The van der Waals surface area contributed by atoms with E-state index in [0.29, 0.717) is 18.7 Å². The van der Waals surface area contributed by atoms with Crippen molar-refractivity contribution in [2.24, 2.45) is 0 Å². The molecule has 28 heavy (non-hydrogen) atoms. The van der Waals surface area contributed by atoms with Crippen molar-refractivity contribution in [3.8, 4) is 0 Å². The molecule has 0 radical (unpaired) electrons. The minimum absolute atomic E-state index is 0.0533. The van der Waals surface area contributed by atoms with Crippen LogP contribution in [-0.2, 0) is 14.8 Å². The fraction of sp³-hybridized carbons (Fsp3) is 0.381. The zero-order valence-electron chi connectivity index (χ0n) is 16.4. The number of hydrogen-bond acceptors (Lipinski definition) is 4. The lowest BCUT2D eigenvalue weighted by Gasteiger charge is -2.20. The number of hydrogen-bond donors (Lipinski definition) is 1. The molecule has 0 aliphatic carbocycles. The average molecular weight is 403 g/mol. The van der Waals surface area contributed by atoms with Gasteiger partial charge in [-0.25, -0.2) is 8.42 Å². The Balaban J connectivity index is 1.71. The number of benzene rings is 2. The van der Waals surface area contributed by atoms with Crippen molar-refractivity contribution in [3.05, 3.63) is 59.2 Å². The van der Waals surface area contributed by atoms with Crippen molar-refractivity contribution in [2.45, 2.75) is 37.7 Å². The number of amides is 1. The highest BCUT2D eigenvalue weighted by Crippen LogP contribution is 2.21. The number of aryl methyl sites for hydroxylation is 2. The van der Waals surface area contributed by atoms with Crippen LogP contribution in [0.4, 0.5) is 5.69 Å². The standard InChI is InChI=1S/C21H26N2O4S/c1-15-6-7-16(2)20(13-15)22-21(24)17-8-10-19(11-9-17)28(25,26)23(3)14-18-5-4-12-27-18/h6-11,13,18H,4-5,12,14H2,1-3H3,(H,22,24)/t18-/m1/s1. The maximum absolute atomic E-state index is 12.7. The van der Waals surface area contributed by atoms with Crippen LogP contribution in [0.3, 0.4) is 0 Å². The van der Waals surface area contributed by atoms with Gasteiger partial charge in [-0.15, -0.1) is 0 Å². The molecule has 0 spiro atoms. The Morgan fingerprint density at radius 1 is 1.18 bits per heavy atom. The molecule has 2 aromatic carbocycles. The number of ether oxygens (including phenoxy) is 1. The summed E-state index contributed by atoms with van der Waals surface area (Å²) in [5.41, 5.74) is 3.17. The summed E-state index contributed by atoms with van der Waals surface area (Å²) >= 11 is 0. The number of rotatable bonds is 6. The number of sulfonamides is 1. The molecule has 1 fully saturated rings. The lowest BCUT2D eigenvalue weighted by Crippen LogP contribution is -2.34. The summed E-state index contributed by atoms with van der Waals surface area (Å²) in [7, 11) is -2.06. The van der Waals surface area contributed by atoms with E-state index in [1.54, 1.807) is 7.05 Å². The zero-order valence-corrected chi connectivity index (χ0v) is 17.3. The fourth-order valence-corrected chi connectivity index (χ4v) is 4.40. The topological polar surface area (TPSA) is 75.7 Å². The minimum Gasteiger partial charge on any atom is -0.377 e. The third-order valence-corrected chi connectivity index (χ3v) is 6.79. The van der Waals surface area contributed by atoms with Gasteiger partial charge in [0.25, 0.3) is 5.91 Å². The number of nitrogens with one attached hydrogen (secondary N) is 1. The largest absolute Gasteiger partial charge is 0.377 e. The number of likely N-dealkylation sites (N-methyl/N-ethyl adjacent to an activating group) is 1. The van der Waals surface area contributed by atoms with Crippen LogP contribution < -0.4 is 5.32 Å². The van der Waals surface area contributed by atoms with Crippen LogP contribution in [0.15, 0.2) is 47.4 Å². The molecular weight excluding hydrogens is 376 g/mol. The third kappa shape index (κ3) is 4.60. The molecule has 1 aliphatic heterocycles. The van der Waals surface area contributed by atoms with Gasteiger partial charge in [0.15, 0.2) is 0 Å². The summed E-state index contributed by atoms with van der Waals surface area (Å²) in [6.45, 7) is 4.90.